The predicted octanol–water partition coefficient (Wildman–Crippen LogP) is 4.63. The van der Waals surface area contributed by atoms with Crippen molar-refractivity contribution in [2.75, 3.05) is 5.73 Å². The van der Waals surface area contributed by atoms with Gasteiger partial charge in [-0.05, 0) is 17.7 Å². The fraction of sp³-hybridized carbons (Fsp3) is 0. The van der Waals surface area contributed by atoms with Crippen molar-refractivity contribution in [1.82, 2.24) is 4.98 Å². The molecule has 22 heavy (non-hydrogen) atoms. The minimum absolute atomic E-state index is 0.245. The van der Waals surface area contributed by atoms with Gasteiger partial charge in [0, 0.05) is 15.6 Å². The number of aromatic nitrogens is 1. The molecule has 106 valence electrons. The maximum atomic E-state index is 9.43. The maximum Gasteiger partial charge on any atom is 0.142 e. The molecule has 0 saturated heterocycles. The molecule has 2 aromatic carbocycles. The highest BCUT2D eigenvalue weighted by atomic mass is 79.9. The zero-order valence-electron chi connectivity index (χ0n) is 11.6. The van der Waals surface area contributed by atoms with Crippen molar-refractivity contribution in [2.45, 2.75) is 0 Å². The van der Waals surface area contributed by atoms with Crippen LogP contribution in [0.15, 0.2) is 65.1 Å². The van der Waals surface area contributed by atoms with Crippen molar-refractivity contribution in [1.29, 1.82) is 5.26 Å². The Kier molecular flexibility index (Phi) is 3.90. The van der Waals surface area contributed by atoms with E-state index >= 15 is 0 Å². The molecule has 1 heterocycles. The number of nitrogens with two attached hydrogens (primary N) is 1. The number of hydrogen-bond acceptors (Lipinski definition) is 3. The molecular weight excluding hydrogens is 338 g/mol. The lowest BCUT2D eigenvalue weighted by molar-refractivity contribution is 1.31. The van der Waals surface area contributed by atoms with Crippen molar-refractivity contribution >= 4 is 21.7 Å². The average Bonchev–Trinajstić information content (AvgIpc) is 2.55. The van der Waals surface area contributed by atoms with E-state index in [4.69, 9.17) is 5.73 Å². The molecule has 0 spiro atoms. The third kappa shape index (κ3) is 2.59. The molecule has 0 aliphatic carbocycles. The van der Waals surface area contributed by atoms with Crippen LogP contribution in [-0.2, 0) is 0 Å². The Hall–Kier alpha value is -2.64. The SMILES string of the molecule is N#Cc1c(-c2ccccc2Br)cc(-c2ccccc2)nc1N. The van der Waals surface area contributed by atoms with E-state index in [1.54, 1.807) is 0 Å². The van der Waals surface area contributed by atoms with Gasteiger partial charge in [-0.3, -0.25) is 0 Å². The number of pyridine rings is 1. The van der Waals surface area contributed by atoms with Gasteiger partial charge in [-0.2, -0.15) is 5.26 Å². The third-order valence-corrected chi connectivity index (χ3v) is 4.08. The van der Waals surface area contributed by atoms with Crippen LogP contribution in [0.4, 0.5) is 5.82 Å². The Morgan fingerprint density at radius 3 is 2.32 bits per heavy atom. The molecule has 0 bridgehead atoms. The number of halogens is 1. The van der Waals surface area contributed by atoms with Gasteiger partial charge in [-0.25, -0.2) is 4.98 Å². The molecule has 3 rings (SSSR count). The molecule has 0 unspecified atom stereocenters. The molecule has 0 radical (unpaired) electrons. The van der Waals surface area contributed by atoms with Gasteiger partial charge in [0.2, 0.25) is 0 Å². The van der Waals surface area contributed by atoms with Crippen LogP contribution >= 0.6 is 15.9 Å². The van der Waals surface area contributed by atoms with Gasteiger partial charge in [0.05, 0.1) is 5.69 Å². The fourth-order valence-electron chi connectivity index (χ4n) is 2.33. The lowest BCUT2D eigenvalue weighted by Crippen LogP contribution is -2.00. The molecule has 0 atom stereocenters. The third-order valence-electron chi connectivity index (χ3n) is 3.39. The molecule has 2 N–H and O–H groups in total. The summed E-state index contributed by atoms with van der Waals surface area (Å²) in [7, 11) is 0. The number of hydrogen-bond donors (Lipinski definition) is 1. The molecule has 3 nitrogen and oxygen atoms in total. The summed E-state index contributed by atoms with van der Waals surface area (Å²) in [6.45, 7) is 0. The number of rotatable bonds is 2. The smallest absolute Gasteiger partial charge is 0.142 e. The average molecular weight is 350 g/mol. The van der Waals surface area contributed by atoms with E-state index in [2.05, 4.69) is 27.0 Å². The van der Waals surface area contributed by atoms with Gasteiger partial charge in [-0.1, -0.05) is 64.5 Å². The minimum Gasteiger partial charge on any atom is -0.383 e. The topological polar surface area (TPSA) is 62.7 Å². The predicted molar refractivity (Wildman–Crippen MR) is 91.9 cm³/mol. The Morgan fingerprint density at radius 2 is 1.64 bits per heavy atom. The van der Waals surface area contributed by atoms with Crippen molar-refractivity contribution in [2.24, 2.45) is 0 Å². The van der Waals surface area contributed by atoms with Crippen LogP contribution < -0.4 is 5.73 Å². The first-order valence-corrected chi connectivity index (χ1v) is 7.51. The molecule has 0 saturated carbocycles. The summed E-state index contributed by atoms with van der Waals surface area (Å²) in [6, 6.07) is 21.6. The van der Waals surface area contributed by atoms with Gasteiger partial charge in [0.15, 0.2) is 0 Å². The lowest BCUT2D eigenvalue weighted by atomic mass is 9.98. The first-order chi connectivity index (χ1) is 10.7. The summed E-state index contributed by atoms with van der Waals surface area (Å²) in [5, 5.41) is 9.43. The van der Waals surface area contributed by atoms with Crippen molar-refractivity contribution < 1.29 is 0 Å². The van der Waals surface area contributed by atoms with Crippen LogP contribution in [0.2, 0.25) is 0 Å². The quantitative estimate of drug-likeness (QED) is 0.733. The van der Waals surface area contributed by atoms with Crippen molar-refractivity contribution in [3.63, 3.8) is 0 Å². The van der Waals surface area contributed by atoms with Crippen LogP contribution in [0.25, 0.3) is 22.4 Å². The molecule has 3 aromatic rings. The molecular formula is C18H12BrN3. The second-order valence-corrected chi connectivity index (χ2v) is 5.63. The number of nitrogens with zero attached hydrogens (tertiary/aromatic N) is 2. The van der Waals surface area contributed by atoms with E-state index in [-0.39, 0.29) is 5.82 Å². The maximum absolute atomic E-state index is 9.43. The van der Waals surface area contributed by atoms with Gasteiger partial charge < -0.3 is 5.73 Å². The van der Waals surface area contributed by atoms with Gasteiger partial charge >= 0.3 is 0 Å². The first kappa shape index (κ1) is 14.3. The molecule has 0 fully saturated rings. The Labute approximate surface area is 137 Å². The molecule has 0 aliphatic rings. The van der Waals surface area contributed by atoms with Crippen molar-refractivity contribution in [3.8, 4) is 28.5 Å². The molecule has 0 amide bonds. The summed E-state index contributed by atoms with van der Waals surface area (Å²) in [5.74, 6) is 0.245. The number of anilines is 1. The van der Waals surface area contributed by atoms with E-state index in [0.29, 0.717) is 5.56 Å². The second kappa shape index (κ2) is 6.00. The van der Waals surface area contributed by atoms with Crippen LogP contribution in [-0.4, -0.2) is 4.98 Å². The number of nitriles is 1. The first-order valence-electron chi connectivity index (χ1n) is 6.71. The van der Waals surface area contributed by atoms with Gasteiger partial charge in [0.25, 0.3) is 0 Å². The van der Waals surface area contributed by atoms with Gasteiger partial charge in [-0.15, -0.1) is 0 Å². The van der Waals surface area contributed by atoms with Crippen LogP contribution in [0, 0.1) is 11.3 Å². The van der Waals surface area contributed by atoms with E-state index in [0.717, 1.165) is 26.9 Å². The normalized spacial score (nSPS) is 10.2. The Bertz CT molecular complexity index is 867. The largest absolute Gasteiger partial charge is 0.383 e. The van der Waals surface area contributed by atoms with Crippen LogP contribution in [0.1, 0.15) is 5.56 Å². The van der Waals surface area contributed by atoms with E-state index in [1.165, 1.54) is 0 Å². The number of nitrogen functional groups attached to an aromatic ring is 1. The number of benzene rings is 2. The zero-order chi connectivity index (χ0) is 15.5. The standard InChI is InChI=1S/C18H12BrN3/c19-16-9-5-4-8-13(16)14-10-17(12-6-2-1-3-7-12)22-18(21)15(14)11-20/h1-10H,(H2,21,22). The summed E-state index contributed by atoms with van der Waals surface area (Å²) >= 11 is 3.53. The molecule has 0 aliphatic heterocycles. The highest BCUT2D eigenvalue weighted by Crippen LogP contribution is 2.34. The fourth-order valence-corrected chi connectivity index (χ4v) is 2.83. The monoisotopic (exact) mass is 349 g/mol. The highest BCUT2D eigenvalue weighted by Gasteiger charge is 2.14. The molecule has 4 heteroatoms. The Morgan fingerprint density at radius 1 is 0.955 bits per heavy atom. The van der Waals surface area contributed by atoms with Crippen LogP contribution in [0.3, 0.4) is 0 Å². The van der Waals surface area contributed by atoms with Crippen molar-refractivity contribution in [3.05, 3.63) is 70.7 Å². The lowest BCUT2D eigenvalue weighted by Gasteiger charge is -2.11. The van der Waals surface area contributed by atoms with E-state index < -0.39 is 0 Å². The second-order valence-electron chi connectivity index (χ2n) is 4.77. The summed E-state index contributed by atoms with van der Waals surface area (Å²) in [6.07, 6.45) is 0. The van der Waals surface area contributed by atoms with Crippen LogP contribution in [0.5, 0.6) is 0 Å². The zero-order valence-corrected chi connectivity index (χ0v) is 13.2. The molecule has 1 aromatic heterocycles. The van der Waals surface area contributed by atoms with Gasteiger partial charge in [0.1, 0.15) is 17.5 Å². The van der Waals surface area contributed by atoms with E-state index in [9.17, 15) is 5.26 Å². The highest BCUT2D eigenvalue weighted by molar-refractivity contribution is 9.10. The summed E-state index contributed by atoms with van der Waals surface area (Å²) < 4.78 is 0.913. The summed E-state index contributed by atoms with van der Waals surface area (Å²) in [4.78, 5) is 4.37. The Balaban J connectivity index is 2.28. The summed E-state index contributed by atoms with van der Waals surface area (Å²) in [5.41, 5.74) is 9.82. The van der Waals surface area contributed by atoms with E-state index in [1.807, 2.05) is 60.7 Å². The minimum atomic E-state index is 0.245.